The highest BCUT2D eigenvalue weighted by Gasteiger charge is 2.22. The molecule has 0 bridgehead atoms. The molecule has 0 spiro atoms. The van der Waals surface area contributed by atoms with Crippen molar-refractivity contribution in [2.75, 3.05) is 0 Å². The number of aromatic nitrogens is 1. The zero-order valence-corrected chi connectivity index (χ0v) is 12.4. The highest BCUT2D eigenvalue weighted by atomic mass is 16.4. The normalized spacial score (nSPS) is 12.6. The number of hydrogen-bond acceptors (Lipinski definition) is 2. The van der Waals surface area contributed by atoms with Gasteiger partial charge in [0, 0.05) is 10.9 Å². The number of carbonyl (C=O) groups excluding carboxylic acids is 1. The van der Waals surface area contributed by atoms with Gasteiger partial charge >= 0.3 is 5.97 Å². The maximum absolute atomic E-state index is 12.2. The van der Waals surface area contributed by atoms with E-state index in [4.69, 9.17) is 5.11 Å². The second kappa shape index (κ2) is 5.99. The van der Waals surface area contributed by atoms with Crippen molar-refractivity contribution in [1.82, 2.24) is 10.3 Å². The number of rotatable bonds is 5. The number of aromatic amines is 1. The minimum absolute atomic E-state index is 0.191. The Balaban J connectivity index is 2.19. The number of carboxylic acids is 1. The van der Waals surface area contributed by atoms with E-state index in [1.165, 1.54) is 0 Å². The summed E-state index contributed by atoms with van der Waals surface area (Å²) in [7, 11) is 0. The Kier molecular flexibility index (Phi) is 4.31. The summed E-state index contributed by atoms with van der Waals surface area (Å²) in [6.07, 6.45) is 0.403. The number of carboxylic acid groups (broad SMARTS) is 1. The van der Waals surface area contributed by atoms with Crippen LogP contribution in [0, 0.1) is 12.8 Å². The number of amides is 1. The summed E-state index contributed by atoms with van der Waals surface area (Å²) in [5.74, 6) is -1.21. The average molecular weight is 288 g/mol. The Bertz CT molecular complexity index is 673. The summed E-state index contributed by atoms with van der Waals surface area (Å²) in [4.78, 5) is 26.4. The third-order valence-electron chi connectivity index (χ3n) is 3.33. The molecule has 2 aromatic rings. The van der Waals surface area contributed by atoms with Crippen molar-refractivity contribution in [2.45, 2.75) is 33.2 Å². The van der Waals surface area contributed by atoms with Gasteiger partial charge in [-0.3, -0.25) is 4.79 Å². The summed E-state index contributed by atoms with van der Waals surface area (Å²) in [6, 6.07) is 6.72. The van der Waals surface area contributed by atoms with E-state index in [1.807, 2.05) is 39.0 Å². The summed E-state index contributed by atoms with van der Waals surface area (Å²) >= 11 is 0. The van der Waals surface area contributed by atoms with Gasteiger partial charge in [-0.1, -0.05) is 26.0 Å². The molecule has 1 aromatic heterocycles. The largest absolute Gasteiger partial charge is 0.480 e. The maximum atomic E-state index is 12.2. The zero-order chi connectivity index (χ0) is 15.6. The van der Waals surface area contributed by atoms with Gasteiger partial charge in [-0.25, -0.2) is 4.79 Å². The third-order valence-corrected chi connectivity index (χ3v) is 3.33. The van der Waals surface area contributed by atoms with Gasteiger partial charge in [0.15, 0.2) is 0 Å². The molecule has 1 heterocycles. The van der Waals surface area contributed by atoms with Crippen molar-refractivity contribution >= 4 is 22.8 Å². The highest BCUT2D eigenvalue weighted by molar-refractivity contribution is 5.99. The fourth-order valence-corrected chi connectivity index (χ4v) is 2.29. The van der Waals surface area contributed by atoms with E-state index in [-0.39, 0.29) is 5.92 Å². The number of fused-ring (bicyclic) bond motifs is 1. The summed E-state index contributed by atoms with van der Waals surface area (Å²) in [6.45, 7) is 5.82. The van der Waals surface area contributed by atoms with Crippen LogP contribution in [0.25, 0.3) is 10.9 Å². The van der Waals surface area contributed by atoms with Gasteiger partial charge in [-0.2, -0.15) is 0 Å². The maximum Gasteiger partial charge on any atom is 0.326 e. The number of hydrogen-bond donors (Lipinski definition) is 3. The molecule has 2 rings (SSSR count). The molecule has 0 aliphatic rings. The lowest BCUT2D eigenvalue weighted by Crippen LogP contribution is -2.41. The number of H-pyrrole nitrogens is 1. The molecule has 112 valence electrons. The molecule has 0 unspecified atom stereocenters. The van der Waals surface area contributed by atoms with Gasteiger partial charge in [-0.15, -0.1) is 0 Å². The first-order chi connectivity index (χ1) is 9.86. The second-order valence-corrected chi connectivity index (χ2v) is 5.77. The molecule has 1 amide bonds. The van der Waals surface area contributed by atoms with Crippen molar-refractivity contribution in [2.24, 2.45) is 5.92 Å². The van der Waals surface area contributed by atoms with E-state index in [9.17, 15) is 9.59 Å². The SMILES string of the molecule is Cc1ccc2cc(C(=O)N[C@@H](CC(C)C)C(=O)O)[nH]c2c1. The van der Waals surface area contributed by atoms with Crippen molar-refractivity contribution in [3.8, 4) is 0 Å². The summed E-state index contributed by atoms with van der Waals surface area (Å²) < 4.78 is 0. The molecule has 1 atom stereocenters. The third kappa shape index (κ3) is 3.62. The predicted molar refractivity (Wildman–Crippen MR) is 81.4 cm³/mol. The molecular formula is C16H20N2O3. The van der Waals surface area contributed by atoms with E-state index < -0.39 is 17.9 Å². The van der Waals surface area contributed by atoms with Gasteiger partial charge in [0.2, 0.25) is 0 Å². The van der Waals surface area contributed by atoms with E-state index >= 15 is 0 Å². The lowest BCUT2D eigenvalue weighted by atomic mass is 10.0. The van der Waals surface area contributed by atoms with Crippen LogP contribution in [0.3, 0.4) is 0 Å². The topological polar surface area (TPSA) is 82.2 Å². The Morgan fingerprint density at radius 1 is 1.29 bits per heavy atom. The predicted octanol–water partition coefficient (Wildman–Crippen LogP) is 2.71. The Hall–Kier alpha value is -2.30. The van der Waals surface area contributed by atoms with E-state index in [0.717, 1.165) is 16.5 Å². The molecule has 0 fully saturated rings. The minimum atomic E-state index is -1.01. The Morgan fingerprint density at radius 2 is 2.00 bits per heavy atom. The number of benzene rings is 1. The van der Waals surface area contributed by atoms with Gasteiger partial charge in [0.05, 0.1) is 0 Å². The second-order valence-electron chi connectivity index (χ2n) is 5.77. The fourth-order valence-electron chi connectivity index (χ4n) is 2.29. The number of nitrogens with one attached hydrogen (secondary N) is 2. The van der Waals surface area contributed by atoms with Crippen LogP contribution in [-0.2, 0) is 4.79 Å². The molecule has 3 N–H and O–H groups in total. The smallest absolute Gasteiger partial charge is 0.326 e. The molecule has 0 aliphatic heterocycles. The molecule has 0 saturated heterocycles. The van der Waals surface area contributed by atoms with Crippen molar-refractivity contribution in [3.05, 3.63) is 35.5 Å². The van der Waals surface area contributed by atoms with Crippen LogP contribution < -0.4 is 5.32 Å². The zero-order valence-electron chi connectivity index (χ0n) is 12.4. The number of carbonyl (C=O) groups is 2. The van der Waals surface area contributed by atoms with Crippen LogP contribution in [0.5, 0.6) is 0 Å². The molecule has 1 aromatic carbocycles. The molecular weight excluding hydrogens is 268 g/mol. The first-order valence-corrected chi connectivity index (χ1v) is 7.00. The number of aliphatic carboxylic acids is 1. The van der Waals surface area contributed by atoms with Crippen LogP contribution in [0.2, 0.25) is 0 Å². The lowest BCUT2D eigenvalue weighted by molar-refractivity contribution is -0.139. The molecule has 5 heteroatoms. The first kappa shape index (κ1) is 15.1. The molecule has 5 nitrogen and oxygen atoms in total. The van der Waals surface area contributed by atoms with Crippen molar-refractivity contribution in [1.29, 1.82) is 0 Å². The van der Waals surface area contributed by atoms with Gasteiger partial charge in [0.25, 0.3) is 5.91 Å². The van der Waals surface area contributed by atoms with Gasteiger partial charge in [0.1, 0.15) is 11.7 Å². The van der Waals surface area contributed by atoms with Crippen LogP contribution in [-0.4, -0.2) is 28.0 Å². The summed E-state index contributed by atoms with van der Waals surface area (Å²) in [5, 5.41) is 12.7. The highest BCUT2D eigenvalue weighted by Crippen LogP contribution is 2.17. The number of aryl methyl sites for hydroxylation is 1. The van der Waals surface area contributed by atoms with Crippen molar-refractivity contribution in [3.63, 3.8) is 0 Å². The van der Waals surface area contributed by atoms with E-state index in [0.29, 0.717) is 12.1 Å². The van der Waals surface area contributed by atoms with Crippen LogP contribution in [0.15, 0.2) is 24.3 Å². The van der Waals surface area contributed by atoms with Crippen LogP contribution in [0.4, 0.5) is 0 Å². The van der Waals surface area contributed by atoms with Gasteiger partial charge in [-0.05, 0) is 37.0 Å². The Labute approximate surface area is 123 Å². The first-order valence-electron chi connectivity index (χ1n) is 7.00. The lowest BCUT2D eigenvalue weighted by Gasteiger charge is -2.15. The molecule has 21 heavy (non-hydrogen) atoms. The van der Waals surface area contributed by atoms with Crippen molar-refractivity contribution < 1.29 is 14.7 Å². The van der Waals surface area contributed by atoms with Gasteiger partial charge < -0.3 is 15.4 Å². The summed E-state index contributed by atoms with van der Waals surface area (Å²) in [5.41, 5.74) is 2.35. The minimum Gasteiger partial charge on any atom is -0.480 e. The quantitative estimate of drug-likeness (QED) is 0.791. The van der Waals surface area contributed by atoms with Crippen LogP contribution in [0.1, 0.15) is 36.3 Å². The average Bonchev–Trinajstić information content (AvgIpc) is 2.80. The monoisotopic (exact) mass is 288 g/mol. The van der Waals surface area contributed by atoms with E-state index in [2.05, 4.69) is 10.3 Å². The van der Waals surface area contributed by atoms with E-state index in [1.54, 1.807) is 6.07 Å². The Morgan fingerprint density at radius 3 is 2.62 bits per heavy atom. The molecule has 0 saturated carbocycles. The molecule has 0 radical (unpaired) electrons. The van der Waals surface area contributed by atoms with Crippen LogP contribution >= 0.6 is 0 Å². The standard InChI is InChI=1S/C16H20N2O3/c1-9(2)6-14(16(20)21)18-15(19)13-8-11-5-4-10(3)7-12(11)17-13/h4-5,7-9,14,17H,6H2,1-3H3,(H,18,19)(H,20,21)/t14-/m0/s1. The molecule has 0 aliphatic carbocycles. The fraction of sp³-hybridized carbons (Fsp3) is 0.375.